The monoisotopic (exact) mass is 380 g/mol. The first-order chi connectivity index (χ1) is 10.7. The van der Waals surface area contributed by atoms with E-state index in [4.69, 9.17) is 12.2 Å². The fourth-order valence-electron chi connectivity index (χ4n) is 2.06. The molecule has 0 atom stereocenters. The van der Waals surface area contributed by atoms with Crippen LogP contribution in [0.3, 0.4) is 0 Å². The van der Waals surface area contributed by atoms with E-state index in [1.807, 2.05) is 10.9 Å². The molecular weight excluding hydrogens is 360 g/mol. The summed E-state index contributed by atoms with van der Waals surface area (Å²) < 4.78 is 2.85. The SMILES string of the molecule is CCCCc1ccc(NC(=S)NCCn2cc(Br)cn2)cc1. The van der Waals surface area contributed by atoms with Gasteiger partial charge >= 0.3 is 0 Å². The second kappa shape index (κ2) is 8.90. The molecule has 0 bridgehead atoms. The molecule has 0 saturated heterocycles. The molecule has 2 N–H and O–H groups in total. The Labute approximate surface area is 145 Å². The number of hydrogen-bond acceptors (Lipinski definition) is 2. The highest BCUT2D eigenvalue weighted by molar-refractivity contribution is 9.10. The summed E-state index contributed by atoms with van der Waals surface area (Å²) in [6.45, 7) is 3.71. The lowest BCUT2D eigenvalue weighted by molar-refractivity contribution is 0.604. The molecule has 0 unspecified atom stereocenters. The quantitative estimate of drug-likeness (QED) is 0.712. The predicted octanol–water partition coefficient (Wildman–Crippen LogP) is 3.97. The van der Waals surface area contributed by atoms with Gasteiger partial charge in [0.25, 0.3) is 0 Å². The third kappa shape index (κ3) is 5.77. The Morgan fingerprint density at radius 3 is 2.73 bits per heavy atom. The van der Waals surface area contributed by atoms with Gasteiger partial charge in [0.15, 0.2) is 5.11 Å². The number of hydrogen-bond donors (Lipinski definition) is 2. The second-order valence-electron chi connectivity index (χ2n) is 5.10. The summed E-state index contributed by atoms with van der Waals surface area (Å²) >= 11 is 8.68. The number of anilines is 1. The Morgan fingerprint density at radius 2 is 2.09 bits per heavy atom. The number of aryl methyl sites for hydroxylation is 1. The number of rotatable bonds is 7. The largest absolute Gasteiger partial charge is 0.361 e. The highest BCUT2D eigenvalue weighted by Crippen LogP contribution is 2.11. The molecule has 0 aliphatic heterocycles. The zero-order chi connectivity index (χ0) is 15.8. The maximum atomic E-state index is 5.30. The van der Waals surface area contributed by atoms with Crippen LogP contribution in [0.15, 0.2) is 41.1 Å². The number of halogens is 1. The van der Waals surface area contributed by atoms with Crippen molar-refractivity contribution in [3.63, 3.8) is 0 Å². The van der Waals surface area contributed by atoms with E-state index >= 15 is 0 Å². The summed E-state index contributed by atoms with van der Waals surface area (Å²) in [5.74, 6) is 0. The van der Waals surface area contributed by atoms with Crippen molar-refractivity contribution in [1.29, 1.82) is 0 Å². The number of unbranched alkanes of at least 4 members (excludes halogenated alkanes) is 1. The van der Waals surface area contributed by atoms with Crippen molar-refractivity contribution in [3.05, 3.63) is 46.7 Å². The van der Waals surface area contributed by atoms with Gasteiger partial charge in [0.2, 0.25) is 0 Å². The highest BCUT2D eigenvalue weighted by atomic mass is 79.9. The van der Waals surface area contributed by atoms with Gasteiger partial charge in [0, 0.05) is 18.4 Å². The van der Waals surface area contributed by atoms with E-state index in [9.17, 15) is 0 Å². The summed E-state index contributed by atoms with van der Waals surface area (Å²) in [6.07, 6.45) is 7.31. The average Bonchev–Trinajstić information content (AvgIpc) is 2.92. The minimum absolute atomic E-state index is 0.632. The van der Waals surface area contributed by atoms with E-state index < -0.39 is 0 Å². The van der Waals surface area contributed by atoms with E-state index in [0.29, 0.717) is 5.11 Å². The van der Waals surface area contributed by atoms with Crippen molar-refractivity contribution in [1.82, 2.24) is 15.1 Å². The third-order valence-electron chi connectivity index (χ3n) is 3.26. The minimum Gasteiger partial charge on any atom is -0.361 e. The van der Waals surface area contributed by atoms with Gasteiger partial charge in [0.1, 0.15) is 0 Å². The van der Waals surface area contributed by atoms with Gasteiger partial charge in [-0.1, -0.05) is 25.5 Å². The summed E-state index contributed by atoms with van der Waals surface area (Å²) in [5.41, 5.74) is 2.38. The van der Waals surface area contributed by atoms with Crippen molar-refractivity contribution in [2.75, 3.05) is 11.9 Å². The van der Waals surface area contributed by atoms with E-state index in [0.717, 1.165) is 29.7 Å². The fraction of sp³-hybridized carbons (Fsp3) is 0.375. The maximum absolute atomic E-state index is 5.30. The third-order valence-corrected chi connectivity index (χ3v) is 3.91. The Hall–Kier alpha value is -1.40. The summed E-state index contributed by atoms with van der Waals surface area (Å²) in [5, 5.41) is 11.2. The van der Waals surface area contributed by atoms with Gasteiger partial charge < -0.3 is 10.6 Å². The molecular formula is C16H21BrN4S. The Kier molecular flexibility index (Phi) is 6.86. The van der Waals surface area contributed by atoms with Crippen molar-refractivity contribution < 1.29 is 0 Å². The lowest BCUT2D eigenvalue weighted by Crippen LogP contribution is -2.31. The molecule has 0 aliphatic rings. The molecule has 0 spiro atoms. The van der Waals surface area contributed by atoms with Crippen LogP contribution in [0.4, 0.5) is 5.69 Å². The molecule has 1 aromatic carbocycles. The Balaban J connectivity index is 1.72. The molecule has 0 radical (unpaired) electrons. The molecule has 0 amide bonds. The van der Waals surface area contributed by atoms with Crippen LogP contribution in [0, 0.1) is 0 Å². The van der Waals surface area contributed by atoms with Crippen LogP contribution in [-0.2, 0) is 13.0 Å². The predicted molar refractivity (Wildman–Crippen MR) is 99.2 cm³/mol. The van der Waals surface area contributed by atoms with Gasteiger partial charge in [0.05, 0.1) is 17.2 Å². The van der Waals surface area contributed by atoms with Crippen LogP contribution < -0.4 is 10.6 Å². The molecule has 0 fully saturated rings. The zero-order valence-corrected chi connectivity index (χ0v) is 15.1. The highest BCUT2D eigenvalue weighted by Gasteiger charge is 1.99. The van der Waals surface area contributed by atoms with E-state index in [-0.39, 0.29) is 0 Å². The standard InChI is InChI=1S/C16H21BrN4S/c1-2-3-4-13-5-7-15(8-6-13)20-16(22)18-9-10-21-12-14(17)11-19-21/h5-8,11-12H,2-4,9-10H2,1H3,(H2,18,20,22). The van der Waals surface area contributed by atoms with E-state index in [1.54, 1.807) is 6.20 Å². The number of thiocarbonyl (C=S) groups is 1. The van der Waals surface area contributed by atoms with Gasteiger partial charge in [-0.05, 0) is 58.7 Å². The summed E-state index contributed by atoms with van der Waals surface area (Å²) in [6, 6.07) is 8.46. The fourth-order valence-corrected chi connectivity index (χ4v) is 2.60. The molecule has 0 aliphatic carbocycles. The number of aromatic nitrogens is 2. The normalized spacial score (nSPS) is 10.5. The van der Waals surface area contributed by atoms with Crippen LogP contribution >= 0.6 is 28.1 Å². The Bertz CT molecular complexity index is 594. The Morgan fingerprint density at radius 1 is 1.32 bits per heavy atom. The van der Waals surface area contributed by atoms with Crippen molar-refractivity contribution in [3.8, 4) is 0 Å². The lowest BCUT2D eigenvalue weighted by atomic mass is 10.1. The topological polar surface area (TPSA) is 41.9 Å². The molecule has 118 valence electrons. The van der Waals surface area contributed by atoms with Crippen LogP contribution in [0.2, 0.25) is 0 Å². The minimum atomic E-state index is 0.632. The molecule has 22 heavy (non-hydrogen) atoms. The van der Waals surface area contributed by atoms with E-state index in [1.165, 1.54) is 18.4 Å². The summed E-state index contributed by atoms with van der Waals surface area (Å²) in [7, 11) is 0. The number of nitrogens with zero attached hydrogens (tertiary/aromatic N) is 2. The van der Waals surface area contributed by atoms with Crippen molar-refractivity contribution in [2.45, 2.75) is 32.7 Å². The molecule has 6 heteroatoms. The molecule has 0 saturated carbocycles. The zero-order valence-electron chi connectivity index (χ0n) is 12.7. The van der Waals surface area contributed by atoms with E-state index in [2.05, 4.69) is 62.9 Å². The van der Waals surface area contributed by atoms with Crippen LogP contribution in [-0.4, -0.2) is 21.4 Å². The van der Waals surface area contributed by atoms with Gasteiger partial charge in [-0.25, -0.2) is 0 Å². The first-order valence-electron chi connectivity index (χ1n) is 7.49. The maximum Gasteiger partial charge on any atom is 0.170 e. The first kappa shape index (κ1) is 17.0. The van der Waals surface area contributed by atoms with Crippen LogP contribution in [0.5, 0.6) is 0 Å². The van der Waals surface area contributed by atoms with Gasteiger partial charge in [-0.2, -0.15) is 5.10 Å². The molecule has 4 nitrogen and oxygen atoms in total. The van der Waals surface area contributed by atoms with Crippen molar-refractivity contribution in [2.24, 2.45) is 0 Å². The molecule has 2 aromatic rings. The second-order valence-corrected chi connectivity index (χ2v) is 6.43. The number of nitrogens with one attached hydrogen (secondary N) is 2. The molecule has 1 aromatic heterocycles. The average molecular weight is 381 g/mol. The van der Waals surface area contributed by atoms with Gasteiger partial charge in [-0.3, -0.25) is 4.68 Å². The summed E-state index contributed by atoms with van der Waals surface area (Å²) in [4.78, 5) is 0. The molecule has 1 heterocycles. The smallest absolute Gasteiger partial charge is 0.170 e. The van der Waals surface area contributed by atoms with Crippen LogP contribution in [0.1, 0.15) is 25.3 Å². The first-order valence-corrected chi connectivity index (χ1v) is 8.69. The lowest BCUT2D eigenvalue weighted by Gasteiger charge is -2.11. The van der Waals surface area contributed by atoms with Crippen LogP contribution in [0.25, 0.3) is 0 Å². The number of benzene rings is 1. The van der Waals surface area contributed by atoms with Gasteiger partial charge in [-0.15, -0.1) is 0 Å². The van der Waals surface area contributed by atoms with Crippen molar-refractivity contribution >= 4 is 38.9 Å². The molecule has 2 rings (SSSR count).